The Kier molecular flexibility index (Phi) is 1.93. The Morgan fingerprint density at radius 3 is 2.86 bits per heavy atom. The summed E-state index contributed by atoms with van der Waals surface area (Å²) in [6.07, 6.45) is -0.561. The molecule has 74 valence electrons. The Morgan fingerprint density at radius 2 is 2.21 bits per heavy atom. The number of nitrogens with two attached hydrogens (primary N) is 1. The number of aliphatic hydroxyl groups excluding tert-OH is 1. The molecule has 14 heavy (non-hydrogen) atoms. The number of aryl methyl sites for hydroxylation is 1. The Hall–Kier alpha value is -1.55. The van der Waals surface area contributed by atoms with Gasteiger partial charge in [-0.05, 0) is 25.1 Å². The number of hydrogen-bond acceptors (Lipinski definition) is 3. The normalized spacial score (nSPS) is 13.4. The molecule has 0 fully saturated rings. The van der Waals surface area contributed by atoms with Gasteiger partial charge >= 0.3 is 0 Å². The van der Waals surface area contributed by atoms with Gasteiger partial charge in [0, 0.05) is 12.7 Å². The van der Waals surface area contributed by atoms with Crippen molar-refractivity contribution in [3.05, 3.63) is 24.0 Å². The maximum absolute atomic E-state index is 9.46. The Morgan fingerprint density at radius 1 is 1.50 bits per heavy atom. The number of anilines is 1. The second-order valence-corrected chi connectivity index (χ2v) is 3.45. The minimum Gasteiger partial charge on any atom is -0.399 e. The molecule has 4 nitrogen and oxygen atoms in total. The van der Waals surface area contributed by atoms with Crippen molar-refractivity contribution in [1.82, 2.24) is 9.55 Å². The van der Waals surface area contributed by atoms with Gasteiger partial charge in [-0.15, -0.1) is 0 Å². The summed E-state index contributed by atoms with van der Waals surface area (Å²) in [5.74, 6) is 0.658. The Labute approximate surface area is 82.0 Å². The van der Waals surface area contributed by atoms with Crippen molar-refractivity contribution in [3.8, 4) is 0 Å². The maximum atomic E-state index is 9.46. The highest BCUT2D eigenvalue weighted by Crippen LogP contribution is 2.20. The molecule has 0 spiro atoms. The Bertz CT molecular complexity index is 473. The van der Waals surface area contributed by atoms with Crippen molar-refractivity contribution in [3.63, 3.8) is 0 Å². The fraction of sp³-hybridized carbons (Fsp3) is 0.300. The Balaban J connectivity index is 2.73. The van der Waals surface area contributed by atoms with Crippen LogP contribution in [0.4, 0.5) is 5.69 Å². The summed E-state index contributed by atoms with van der Waals surface area (Å²) in [6.45, 7) is 1.70. The topological polar surface area (TPSA) is 64.1 Å². The fourth-order valence-electron chi connectivity index (χ4n) is 1.61. The zero-order valence-corrected chi connectivity index (χ0v) is 8.23. The van der Waals surface area contributed by atoms with Crippen LogP contribution in [0.3, 0.4) is 0 Å². The number of aliphatic hydroxyl groups is 1. The van der Waals surface area contributed by atoms with Crippen LogP contribution >= 0.6 is 0 Å². The maximum Gasteiger partial charge on any atom is 0.138 e. The van der Waals surface area contributed by atoms with Gasteiger partial charge in [-0.3, -0.25) is 0 Å². The third-order valence-electron chi connectivity index (χ3n) is 2.31. The van der Waals surface area contributed by atoms with E-state index < -0.39 is 6.10 Å². The molecule has 1 atom stereocenters. The molecule has 2 rings (SSSR count). The molecule has 0 radical (unpaired) electrons. The lowest BCUT2D eigenvalue weighted by molar-refractivity contribution is 0.186. The zero-order chi connectivity index (χ0) is 10.3. The van der Waals surface area contributed by atoms with Crippen molar-refractivity contribution in [2.75, 3.05) is 5.73 Å². The molecule has 0 saturated heterocycles. The smallest absolute Gasteiger partial charge is 0.138 e. The van der Waals surface area contributed by atoms with E-state index in [0.29, 0.717) is 11.5 Å². The van der Waals surface area contributed by atoms with E-state index in [0.717, 1.165) is 11.0 Å². The summed E-state index contributed by atoms with van der Waals surface area (Å²) in [7, 11) is 1.88. The minimum atomic E-state index is -0.561. The van der Waals surface area contributed by atoms with Crippen molar-refractivity contribution in [2.45, 2.75) is 13.0 Å². The van der Waals surface area contributed by atoms with Crippen LogP contribution in [0.1, 0.15) is 18.9 Å². The van der Waals surface area contributed by atoms with E-state index in [9.17, 15) is 5.11 Å². The first kappa shape index (κ1) is 9.02. The van der Waals surface area contributed by atoms with Gasteiger partial charge in [0.2, 0.25) is 0 Å². The summed E-state index contributed by atoms with van der Waals surface area (Å²) < 4.78 is 1.87. The molecule has 0 aliphatic carbocycles. The van der Waals surface area contributed by atoms with Gasteiger partial charge < -0.3 is 15.4 Å². The predicted molar refractivity (Wildman–Crippen MR) is 55.8 cm³/mol. The van der Waals surface area contributed by atoms with Gasteiger partial charge in [-0.1, -0.05) is 0 Å². The first-order valence-electron chi connectivity index (χ1n) is 4.49. The standard InChI is InChI=1S/C10H13N3O/c1-6(14)10-12-8-5-7(11)3-4-9(8)13(10)2/h3-6,14H,11H2,1-2H3/t6-/m1/s1. The average molecular weight is 191 g/mol. The lowest BCUT2D eigenvalue weighted by atomic mass is 10.3. The summed E-state index contributed by atoms with van der Waals surface area (Å²) in [4.78, 5) is 4.31. The van der Waals surface area contributed by atoms with Crippen LogP contribution in [0.2, 0.25) is 0 Å². The number of fused-ring (bicyclic) bond motifs is 1. The molecule has 0 unspecified atom stereocenters. The number of hydrogen-bond donors (Lipinski definition) is 2. The van der Waals surface area contributed by atoms with Gasteiger partial charge in [-0.25, -0.2) is 4.98 Å². The molecule has 0 bridgehead atoms. The first-order chi connectivity index (χ1) is 6.59. The molecular formula is C10H13N3O. The molecule has 1 aromatic carbocycles. The molecule has 2 aromatic rings. The van der Waals surface area contributed by atoms with Crippen molar-refractivity contribution < 1.29 is 5.11 Å². The summed E-state index contributed by atoms with van der Waals surface area (Å²) in [5, 5.41) is 9.46. The van der Waals surface area contributed by atoms with E-state index in [1.807, 2.05) is 23.7 Å². The summed E-state index contributed by atoms with van der Waals surface area (Å²) in [6, 6.07) is 5.54. The van der Waals surface area contributed by atoms with Crippen molar-refractivity contribution in [2.24, 2.45) is 7.05 Å². The highest BCUT2D eigenvalue weighted by Gasteiger charge is 2.11. The number of aromatic nitrogens is 2. The molecule has 0 aliphatic rings. The van der Waals surface area contributed by atoms with Crippen LogP contribution in [0.25, 0.3) is 11.0 Å². The fourth-order valence-corrected chi connectivity index (χ4v) is 1.61. The third kappa shape index (κ3) is 1.24. The number of imidazole rings is 1. The van der Waals surface area contributed by atoms with E-state index in [2.05, 4.69) is 4.98 Å². The summed E-state index contributed by atoms with van der Waals surface area (Å²) in [5.41, 5.74) is 8.14. The zero-order valence-electron chi connectivity index (χ0n) is 8.23. The van der Waals surface area contributed by atoms with E-state index in [-0.39, 0.29) is 0 Å². The lowest BCUT2D eigenvalue weighted by Crippen LogP contribution is -2.01. The van der Waals surface area contributed by atoms with Gasteiger partial charge in [0.05, 0.1) is 11.0 Å². The first-order valence-corrected chi connectivity index (χ1v) is 4.49. The van der Waals surface area contributed by atoms with Gasteiger partial charge in [0.25, 0.3) is 0 Å². The molecule has 1 aromatic heterocycles. The molecule has 0 amide bonds. The predicted octanol–water partition coefficient (Wildman–Crippen LogP) is 1.21. The van der Waals surface area contributed by atoms with Crippen LogP contribution in [0.15, 0.2) is 18.2 Å². The van der Waals surface area contributed by atoms with Crippen LogP contribution in [0, 0.1) is 0 Å². The average Bonchev–Trinajstić information content (AvgIpc) is 2.43. The van der Waals surface area contributed by atoms with Gasteiger partial charge in [-0.2, -0.15) is 0 Å². The second-order valence-electron chi connectivity index (χ2n) is 3.45. The molecule has 0 aliphatic heterocycles. The van der Waals surface area contributed by atoms with Crippen LogP contribution in [-0.4, -0.2) is 14.7 Å². The van der Waals surface area contributed by atoms with Crippen LogP contribution < -0.4 is 5.73 Å². The van der Waals surface area contributed by atoms with E-state index in [1.54, 1.807) is 13.0 Å². The largest absolute Gasteiger partial charge is 0.399 e. The number of nitrogens with zero attached hydrogens (tertiary/aromatic N) is 2. The molecule has 0 saturated carbocycles. The van der Waals surface area contributed by atoms with Crippen LogP contribution in [0.5, 0.6) is 0 Å². The monoisotopic (exact) mass is 191 g/mol. The number of rotatable bonds is 1. The van der Waals surface area contributed by atoms with Gasteiger partial charge in [0.1, 0.15) is 11.9 Å². The number of nitrogen functional groups attached to an aromatic ring is 1. The molecule has 4 heteroatoms. The van der Waals surface area contributed by atoms with Crippen LogP contribution in [-0.2, 0) is 7.05 Å². The quantitative estimate of drug-likeness (QED) is 0.666. The lowest BCUT2D eigenvalue weighted by Gasteiger charge is -2.03. The van der Waals surface area contributed by atoms with E-state index in [1.165, 1.54) is 0 Å². The highest BCUT2D eigenvalue weighted by atomic mass is 16.3. The second kappa shape index (κ2) is 2.99. The minimum absolute atomic E-state index is 0.561. The number of benzene rings is 1. The van der Waals surface area contributed by atoms with E-state index in [4.69, 9.17) is 5.73 Å². The third-order valence-corrected chi connectivity index (χ3v) is 2.31. The molecule has 3 N–H and O–H groups in total. The molecular weight excluding hydrogens is 178 g/mol. The van der Waals surface area contributed by atoms with E-state index >= 15 is 0 Å². The summed E-state index contributed by atoms with van der Waals surface area (Å²) >= 11 is 0. The molecule has 1 heterocycles. The van der Waals surface area contributed by atoms with Crippen molar-refractivity contribution in [1.29, 1.82) is 0 Å². The van der Waals surface area contributed by atoms with Crippen molar-refractivity contribution >= 4 is 16.7 Å². The SMILES string of the molecule is C[C@@H](O)c1nc2cc(N)ccc2n1C. The van der Waals surface area contributed by atoms with Gasteiger partial charge in [0.15, 0.2) is 0 Å². The highest BCUT2D eigenvalue weighted by molar-refractivity contribution is 5.79.